The van der Waals surface area contributed by atoms with E-state index >= 15 is 0 Å². The van der Waals surface area contributed by atoms with Crippen LogP contribution in [0, 0.1) is 0 Å². The van der Waals surface area contributed by atoms with Gasteiger partial charge in [0.2, 0.25) is 0 Å². The van der Waals surface area contributed by atoms with Crippen LogP contribution >= 0.6 is 0 Å². The largest absolute Gasteiger partial charge is 0.468 e. The number of nitrogens with one attached hydrogen (secondary N) is 1. The third-order valence-corrected chi connectivity index (χ3v) is 2.76. The van der Waals surface area contributed by atoms with Gasteiger partial charge in [0.25, 0.3) is 0 Å². The fourth-order valence-corrected chi connectivity index (χ4v) is 1.88. The molecule has 1 unspecified atom stereocenters. The molecule has 0 aromatic rings. The average Bonchev–Trinajstić information content (AvgIpc) is 2.64. The Labute approximate surface area is 115 Å². The van der Waals surface area contributed by atoms with E-state index in [0.29, 0.717) is 19.5 Å². The standard InChI is InChI=1S/C13H24N2O4/c1-13(2,3)19-12(17)14-8-10-6-5-7-15(10)9-11(16)18-4/h10H,5-9H2,1-4H3,(H,14,17)/t10-/m1/s1/i5T/t5?,10-. The van der Waals surface area contributed by atoms with Crippen molar-refractivity contribution in [1.29, 1.82) is 0 Å². The lowest BCUT2D eigenvalue weighted by atomic mass is 10.2. The number of rotatable bonds is 4. The van der Waals surface area contributed by atoms with Crippen molar-refractivity contribution in [1.82, 2.24) is 10.2 Å². The highest BCUT2D eigenvalue weighted by molar-refractivity contribution is 5.71. The van der Waals surface area contributed by atoms with Crippen LogP contribution in [0.25, 0.3) is 0 Å². The SMILES string of the molecule is [3H]C1C[C@H](CNC(=O)OC(C)(C)C)N(CC(=O)OC)C1. The van der Waals surface area contributed by atoms with Gasteiger partial charge in [0.15, 0.2) is 0 Å². The Morgan fingerprint density at radius 2 is 2.16 bits per heavy atom. The number of hydrogen-bond acceptors (Lipinski definition) is 5. The van der Waals surface area contributed by atoms with E-state index in [9.17, 15) is 9.59 Å². The number of ether oxygens (including phenoxy) is 2. The van der Waals surface area contributed by atoms with Crippen LogP contribution in [0.1, 0.15) is 35.0 Å². The van der Waals surface area contributed by atoms with E-state index in [1.54, 1.807) is 20.8 Å². The number of methoxy groups -OCH3 is 1. The lowest BCUT2D eigenvalue weighted by Crippen LogP contribution is -2.43. The van der Waals surface area contributed by atoms with Gasteiger partial charge in [-0.05, 0) is 40.1 Å². The van der Waals surface area contributed by atoms with E-state index in [-0.39, 0.29) is 25.0 Å². The first-order chi connectivity index (χ1) is 9.21. The number of likely N-dealkylation sites (tertiary alicyclic amines) is 1. The quantitative estimate of drug-likeness (QED) is 0.779. The molecule has 0 saturated carbocycles. The molecule has 0 spiro atoms. The average molecular weight is 274 g/mol. The Hall–Kier alpha value is -1.30. The molecular weight excluding hydrogens is 248 g/mol. The van der Waals surface area contributed by atoms with E-state index in [2.05, 4.69) is 10.1 Å². The predicted octanol–water partition coefficient (Wildman–Crippen LogP) is 1.15. The van der Waals surface area contributed by atoms with Crippen molar-refractivity contribution in [2.45, 2.75) is 45.2 Å². The summed E-state index contributed by atoms with van der Waals surface area (Å²) in [5, 5.41) is 2.68. The first-order valence-corrected chi connectivity index (χ1v) is 6.41. The molecule has 19 heavy (non-hydrogen) atoms. The smallest absolute Gasteiger partial charge is 0.407 e. The van der Waals surface area contributed by atoms with Gasteiger partial charge in [0.05, 0.1) is 13.7 Å². The van der Waals surface area contributed by atoms with Crippen LogP contribution in [0.4, 0.5) is 4.79 Å². The molecule has 1 amide bonds. The summed E-state index contributed by atoms with van der Waals surface area (Å²) < 4.78 is 17.6. The molecule has 0 aromatic heterocycles. The second-order valence-electron chi connectivity index (χ2n) is 5.57. The van der Waals surface area contributed by atoms with E-state index in [1.807, 2.05) is 4.90 Å². The number of alkyl carbamates (subject to hydrolysis) is 1. The van der Waals surface area contributed by atoms with Gasteiger partial charge >= 0.3 is 12.1 Å². The van der Waals surface area contributed by atoms with Gasteiger partial charge in [-0.1, -0.05) is 0 Å². The molecule has 0 aliphatic carbocycles. The normalized spacial score (nSPS) is 24.7. The number of esters is 1. The Morgan fingerprint density at radius 3 is 2.74 bits per heavy atom. The van der Waals surface area contributed by atoms with Crippen molar-refractivity contribution >= 4 is 12.1 Å². The molecule has 0 radical (unpaired) electrons. The van der Waals surface area contributed by atoms with Gasteiger partial charge in [0, 0.05) is 14.0 Å². The lowest BCUT2D eigenvalue weighted by molar-refractivity contribution is -0.142. The maximum atomic E-state index is 11.6. The Bertz CT molecular complexity index is 357. The van der Waals surface area contributed by atoms with Crippen LogP contribution in [-0.2, 0) is 14.3 Å². The third-order valence-electron chi connectivity index (χ3n) is 2.76. The third kappa shape index (κ3) is 5.92. The van der Waals surface area contributed by atoms with E-state index < -0.39 is 11.7 Å². The second-order valence-corrected chi connectivity index (χ2v) is 5.57. The van der Waals surface area contributed by atoms with Gasteiger partial charge in [-0.3, -0.25) is 9.69 Å². The highest BCUT2D eigenvalue weighted by Gasteiger charge is 2.27. The van der Waals surface area contributed by atoms with Crippen LogP contribution in [0.2, 0.25) is 0 Å². The minimum Gasteiger partial charge on any atom is -0.468 e. The van der Waals surface area contributed by atoms with Crippen LogP contribution in [-0.4, -0.2) is 55.3 Å². The molecule has 6 nitrogen and oxygen atoms in total. The fraction of sp³-hybridized carbons (Fsp3) is 0.846. The molecule has 1 saturated heterocycles. The van der Waals surface area contributed by atoms with Gasteiger partial charge in [-0.25, -0.2) is 4.79 Å². The zero-order valence-electron chi connectivity index (χ0n) is 13.1. The summed E-state index contributed by atoms with van der Waals surface area (Å²) in [6, 6.07) is -0.0379. The number of carbonyl (C=O) groups is 2. The lowest BCUT2D eigenvalue weighted by Gasteiger charge is -2.25. The minimum absolute atomic E-state index is 0.0379. The molecule has 0 bridgehead atoms. The van der Waals surface area contributed by atoms with Crippen LogP contribution in [0.5, 0.6) is 0 Å². The zero-order chi connectivity index (χ0) is 15.3. The van der Waals surface area contributed by atoms with Crippen molar-refractivity contribution in [2.75, 3.05) is 26.7 Å². The summed E-state index contributed by atoms with van der Waals surface area (Å²) in [4.78, 5) is 24.8. The van der Waals surface area contributed by atoms with Crippen molar-refractivity contribution in [2.24, 2.45) is 0 Å². The molecule has 0 aromatic carbocycles. The van der Waals surface area contributed by atoms with E-state index in [4.69, 9.17) is 6.11 Å². The van der Waals surface area contributed by atoms with E-state index in [0.717, 1.165) is 0 Å². The number of amides is 1. The summed E-state index contributed by atoms with van der Waals surface area (Å²) in [5.41, 5.74) is -0.538. The van der Waals surface area contributed by atoms with Crippen molar-refractivity contribution < 1.29 is 20.4 Å². The summed E-state index contributed by atoms with van der Waals surface area (Å²) in [6.07, 6.45) is -0.110. The summed E-state index contributed by atoms with van der Waals surface area (Å²) in [7, 11) is 1.34. The molecule has 1 rings (SSSR count). The Morgan fingerprint density at radius 1 is 1.47 bits per heavy atom. The molecule has 1 aliphatic heterocycles. The van der Waals surface area contributed by atoms with Gasteiger partial charge in [0.1, 0.15) is 5.60 Å². The molecule has 2 atom stereocenters. The molecule has 1 N–H and O–H groups in total. The molecule has 1 aliphatic rings. The second kappa shape index (κ2) is 6.75. The summed E-state index contributed by atoms with van der Waals surface area (Å²) in [5.74, 6) is -0.332. The predicted molar refractivity (Wildman–Crippen MR) is 70.8 cm³/mol. The molecular formula is C13H24N2O4. The highest BCUT2D eigenvalue weighted by Crippen LogP contribution is 2.16. The number of carbonyl (C=O) groups excluding carboxylic acids is 2. The van der Waals surface area contributed by atoms with Gasteiger partial charge in [-0.15, -0.1) is 0 Å². The van der Waals surface area contributed by atoms with Gasteiger partial charge in [-0.2, -0.15) is 0 Å². The highest BCUT2D eigenvalue weighted by atomic mass is 16.6. The molecule has 6 heteroatoms. The maximum Gasteiger partial charge on any atom is 0.407 e. The number of nitrogens with zero attached hydrogens (tertiary/aromatic N) is 1. The van der Waals surface area contributed by atoms with Crippen LogP contribution in [0.3, 0.4) is 0 Å². The summed E-state index contributed by atoms with van der Waals surface area (Å²) in [6.45, 7) is 6.41. The number of hydrogen-bond donors (Lipinski definition) is 1. The molecule has 1 fully saturated rings. The fourth-order valence-electron chi connectivity index (χ4n) is 1.88. The monoisotopic (exact) mass is 274 g/mol. The first kappa shape index (κ1) is 14.1. The van der Waals surface area contributed by atoms with Crippen molar-refractivity contribution in [3.8, 4) is 0 Å². The van der Waals surface area contributed by atoms with Crippen LogP contribution < -0.4 is 5.32 Å². The van der Waals surface area contributed by atoms with Crippen LogP contribution in [0.15, 0.2) is 0 Å². The van der Waals surface area contributed by atoms with Crippen molar-refractivity contribution in [3.05, 3.63) is 0 Å². The molecule has 110 valence electrons. The minimum atomic E-state index is -0.538. The summed E-state index contributed by atoms with van der Waals surface area (Å²) >= 11 is 0. The molecule has 1 heterocycles. The van der Waals surface area contributed by atoms with Crippen molar-refractivity contribution in [3.63, 3.8) is 0 Å². The Balaban J connectivity index is 2.44. The first-order valence-electron chi connectivity index (χ1n) is 6.99. The van der Waals surface area contributed by atoms with Gasteiger partial charge < -0.3 is 14.8 Å². The topological polar surface area (TPSA) is 67.9 Å². The van der Waals surface area contributed by atoms with E-state index in [1.165, 1.54) is 7.11 Å². The zero-order valence-corrected chi connectivity index (χ0v) is 12.1. The Kier molecular flexibility index (Phi) is 5.01. The maximum absolute atomic E-state index is 11.6.